The smallest absolute Gasteiger partial charge is 0.323 e. The Hall–Kier alpha value is -1.84. The molecule has 1 rings (SSSR count). The van der Waals surface area contributed by atoms with Crippen molar-refractivity contribution in [3.05, 3.63) is 34.9 Å². The van der Waals surface area contributed by atoms with Crippen LogP contribution in [0.1, 0.15) is 35.3 Å². The third-order valence-electron chi connectivity index (χ3n) is 3.03. The molecular weight excluding hydrogens is 242 g/mol. The summed E-state index contributed by atoms with van der Waals surface area (Å²) in [7, 11) is 0. The van der Waals surface area contributed by atoms with Gasteiger partial charge in [0.05, 0.1) is 0 Å². The molecule has 4 heteroatoms. The van der Waals surface area contributed by atoms with Crippen molar-refractivity contribution in [3.8, 4) is 0 Å². The van der Waals surface area contributed by atoms with Crippen LogP contribution < -0.4 is 0 Å². The Morgan fingerprint density at radius 3 is 2.42 bits per heavy atom. The zero-order valence-electron chi connectivity index (χ0n) is 11.9. The summed E-state index contributed by atoms with van der Waals surface area (Å²) < 4.78 is 0. The summed E-state index contributed by atoms with van der Waals surface area (Å²) in [5.41, 5.74) is 2.53. The van der Waals surface area contributed by atoms with Crippen molar-refractivity contribution < 1.29 is 14.7 Å². The normalized spacial score (nSPS) is 10.6. The van der Waals surface area contributed by atoms with Crippen LogP contribution in [-0.4, -0.2) is 35.0 Å². The molecule has 0 aliphatic rings. The van der Waals surface area contributed by atoms with E-state index in [0.717, 1.165) is 11.1 Å². The molecule has 0 spiro atoms. The molecule has 0 atom stereocenters. The highest BCUT2D eigenvalue weighted by Crippen LogP contribution is 2.15. The quantitative estimate of drug-likeness (QED) is 0.888. The van der Waals surface area contributed by atoms with Crippen LogP contribution >= 0.6 is 0 Å². The number of hydrogen-bond acceptors (Lipinski definition) is 2. The van der Waals surface area contributed by atoms with Crippen LogP contribution in [0.5, 0.6) is 0 Å². The number of amides is 1. The van der Waals surface area contributed by atoms with Crippen LogP contribution in [0.25, 0.3) is 0 Å². The number of aliphatic carboxylic acids is 1. The van der Waals surface area contributed by atoms with Gasteiger partial charge in [0.15, 0.2) is 0 Å². The number of aryl methyl sites for hydroxylation is 1. The molecule has 4 nitrogen and oxygen atoms in total. The molecule has 1 aromatic rings. The van der Waals surface area contributed by atoms with E-state index in [4.69, 9.17) is 5.11 Å². The van der Waals surface area contributed by atoms with Crippen molar-refractivity contribution in [1.29, 1.82) is 0 Å². The molecule has 0 aliphatic heterocycles. The lowest BCUT2D eigenvalue weighted by molar-refractivity contribution is -0.137. The zero-order valence-corrected chi connectivity index (χ0v) is 11.9. The van der Waals surface area contributed by atoms with Gasteiger partial charge in [-0.15, -0.1) is 0 Å². The average Bonchev–Trinajstić information content (AvgIpc) is 2.30. The topological polar surface area (TPSA) is 57.6 Å². The average molecular weight is 263 g/mol. The van der Waals surface area contributed by atoms with Crippen molar-refractivity contribution in [1.82, 2.24) is 4.90 Å². The number of carboxylic acid groups (broad SMARTS) is 1. The highest BCUT2D eigenvalue weighted by molar-refractivity contribution is 5.97. The van der Waals surface area contributed by atoms with Gasteiger partial charge >= 0.3 is 5.97 Å². The Bertz CT molecular complexity index is 480. The predicted octanol–water partition coefficient (Wildman–Crippen LogP) is 2.49. The summed E-state index contributed by atoms with van der Waals surface area (Å²) in [6.45, 7) is 7.94. The summed E-state index contributed by atoms with van der Waals surface area (Å²) in [5.74, 6) is -0.968. The van der Waals surface area contributed by atoms with Gasteiger partial charge in [0.25, 0.3) is 5.91 Å². The van der Waals surface area contributed by atoms with Gasteiger partial charge in [0.2, 0.25) is 0 Å². The van der Waals surface area contributed by atoms with Gasteiger partial charge < -0.3 is 10.0 Å². The summed E-state index contributed by atoms with van der Waals surface area (Å²) in [6.07, 6.45) is 0. The van der Waals surface area contributed by atoms with E-state index in [0.29, 0.717) is 12.1 Å². The second-order valence-electron chi connectivity index (χ2n) is 5.22. The maximum atomic E-state index is 12.5. The molecule has 0 aromatic heterocycles. The molecule has 0 fully saturated rings. The number of carbonyl (C=O) groups excluding carboxylic acids is 1. The number of rotatable bonds is 5. The van der Waals surface area contributed by atoms with Crippen molar-refractivity contribution in [2.24, 2.45) is 5.92 Å². The molecule has 0 heterocycles. The summed E-state index contributed by atoms with van der Waals surface area (Å²) in [5, 5.41) is 8.92. The molecule has 0 unspecified atom stereocenters. The van der Waals surface area contributed by atoms with Gasteiger partial charge in [-0.2, -0.15) is 0 Å². The monoisotopic (exact) mass is 263 g/mol. The fraction of sp³-hybridized carbons (Fsp3) is 0.467. The highest BCUT2D eigenvalue weighted by Gasteiger charge is 2.21. The molecule has 19 heavy (non-hydrogen) atoms. The van der Waals surface area contributed by atoms with E-state index >= 15 is 0 Å². The first-order valence-electron chi connectivity index (χ1n) is 6.40. The highest BCUT2D eigenvalue weighted by atomic mass is 16.4. The maximum Gasteiger partial charge on any atom is 0.323 e. The summed E-state index contributed by atoms with van der Waals surface area (Å²) in [6, 6.07) is 5.51. The Balaban J connectivity index is 3.04. The SMILES string of the molecule is Cc1cccc(C(=O)N(CC(=O)O)CC(C)C)c1C. The van der Waals surface area contributed by atoms with Crippen molar-refractivity contribution >= 4 is 11.9 Å². The van der Waals surface area contributed by atoms with Gasteiger partial charge in [-0.1, -0.05) is 26.0 Å². The van der Waals surface area contributed by atoms with Crippen LogP contribution in [0, 0.1) is 19.8 Å². The molecule has 0 bridgehead atoms. The van der Waals surface area contributed by atoms with Crippen LogP contribution in [0.2, 0.25) is 0 Å². The first kappa shape index (κ1) is 15.2. The first-order valence-corrected chi connectivity index (χ1v) is 6.40. The van der Waals surface area contributed by atoms with Gasteiger partial charge in [0, 0.05) is 12.1 Å². The standard InChI is InChI=1S/C15H21NO3/c1-10(2)8-16(9-14(17)18)15(19)13-7-5-6-11(3)12(13)4/h5-7,10H,8-9H2,1-4H3,(H,17,18). The Morgan fingerprint density at radius 1 is 1.26 bits per heavy atom. The molecule has 1 amide bonds. The molecule has 104 valence electrons. The van der Waals surface area contributed by atoms with Gasteiger partial charge in [-0.25, -0.2) is 0 Å². The van der Waals surface area contributed by atoms with E-state index in [9.17, 15) is 9.59 Å². The minimum atomic E-state index is -0.987. The van der Waals surface area contributed by atoms with E-state index in [1.807, 2.05) is 39.8 Å². The number of carboxylic acids is 1. The zero-order chi connectivity index (χ0) is 14.6. The lowest BCUT2D eigenvalue weighted by atomic mass is 10.0. The fourth-order valence-electron chi connectivity index (χ4n) is 1.98. The molecule has 0 aliphatic carbocycles. The molecule has 1 N–H and O–H groups in total. The second-order valence-corrected chi connectivity index (χ2v) is 5.22. The third-order valence-corrected chi connectivity index (χ3v) is 3.03. The Kier molecular flexibility index (Phi) is 5.10. The van der Waals surface area contributed by atoms with Crippen LogP contribution in [0.15, 0.2) is 18.2 Å². The Morgan fingerprint density at radius 2 is 1.89 bits per heavy atom. The molecule has 0 radical (unpaired) electrons. The van der Waals surface area contributed by atoms with Crippen molar-refractivity contribution in [2.75, 3.05) is 13.1 Å². The predicted molar refractivity (Wildman–Crippen MR) is 74.3 cm³/mol. The number of hydrogen-bond donors (Lipinski definition) is 1. The minimum absolute atomic E-state index is 0.211. The lowest BCUT2D eigenvalue weighted by Crippen LogP contribution is -2.38. The van der Waals surface area contributed by atoms with Gasteiger partial charge in [-0.05, 0) is 37.0 Å². The lowest BCUT2D eigenvalue weighted by Gasteiger charge is -2.23. The van der Waals surface area contributed by atoms with Gasteiger partial charge in [0.1, 0.15) is 6.54 Å². The van der Waals surface area contributed by atoms with Crippen LogP contribution in [0.3, 0.4) is 0 Å². The van der Waals surface area contributed by atoms with E-state index in [1.54, 1.807) is 6.07 Å². The van der Waals surface area contributed by atoms with Crippen LogP contribution in [0.4, 0.5) is 0 Å². The number of nitrogens with zero attached hydrogens (tertiary/aromatic N) is 1. The molecule has 0 saturated carbocycles. The molecule has 0 saturated heterocycles. The first-order chi connectivity index (χ1) is 8.82. The number of benzene rings is 1. The summed E-state index contributed by atoms with van der Waals surface area (Å²) in [4.78, 5) is 24.7. The van der Waals surface area contributed by atoms with E-state index in [2.05, 4.69) is 0 Å². The van der Waals surface area contributed by atoms with Crippen LogP contribution in [-0.2, 0) is 4.79 Å². The summed E-state index contributed by atoms with van der Waals surface area (Å²) >= 11 is 0. The van der Waals surface area contributed by atoms with Gasteiger partial charge in [-0.3, -0.25) is 9.59 Å². The molecular formula is C15H21NO3. The second kappa shape index (κ2) is 6.36. The minimum Gasteiger partial charge on any atom is -0.480 e. The van der Waals surface area contributed by atoms with E-state index in [1.165, 1.54) is 4.90 Å². The van der Waals surface area contributed by atoms with E-state index < -0.39 is 5.97 Å². The van der Waals surface area contributed by atoms with E-state index in [-0.39, 0.29) is 18.4 Å². The van der Waals surface area contributed by atoms with Crippen molar-refractivity contribution in [2.45, 2.75) is 27.7 Å². The fourth-order valence-corrected chi connectivity index (χ4v) is 1.98. The largest absolute Gasteiger partial charge is 0.480 e. The van der Waals surface area contributed by atoms with Crippen molar-refractivity contribution in [3.63, 3.8) is 0 Å². The third kappa shape index (κ3) is 4.09. The molecule has 1 aromatic carbocycles. The maximum absolute atomic E-state index is 12.5. The Labute approximate surface area is 114 Å². The number of carbonyl (C=O) groups is 2.